The molecular weight excluding hydrogens is 316 g/mol. The van der Waals surface area contributed by atoms with Gasteiger partial charge in [0.2, 0.25) is 11.8 Å². The van der Waals surface area contributed by atoms with E-state index in [0.29, 0.717) is 30.2 Å². The van der Waals surface area contributed by atoms with Gasteiger partial charge in [-0.3, -0.25) is 4.79 Å². The maximum atomic E-state index is 12.6. The first-order valence-corrected chi connectivity index (χ1v) is 9.38. The van der Waals surface area contributed by atoms with E-state index >= 15 is 0 Å². The highest BCUT2D eigenvalue weighted by Gasteiger charge is 2.33. The summed E-state index contributed by atoms with van der Waals surface area (Å²) < 4.78 is 11.0. The van der Waals surface area contributed by atoms with Crippen molar-refractivity contribution >= 4 is 5.91 Å². The van der Waals surface area contributed by atoms with E-state index in [1.165, 1.54) is 19.3 Å². The van der Waals surface area contributed by atoms with Crippen LogP contribution in [0, 0.1) is 11.3 Å². The minimum Gasteiger partial charge on any atom is -0.481 e. The lowest BCUT2D eigenvalue weighted by Gasteiger charge is -2.35. The zero-order valence-corrected chi connectivity index (χ0v) is 15.6. The SMILES string of the molecule is COc1ccc([C@@H]2OCC[C@H]2NC(=O)CC2CCCC(C)(C)C2)cn1. The average molecular weight is 346 g/mol. The van der Waals surface area contributed by atoms with E-state index in [2.05, 4.69) is 24.1 Å². The quantitative estimate of drug-likeness (QED) is 0.884. The molecule has 138 valence electrons. The van der Waals surface area contributed by atoms with Crippen molar-refractivity contribution in [3.05, 3.63) is 23.9 Å². The van der Waals surface area contributed by atoms with Crippen LogP contribution in [0.3, 0.4) is 0 Å². The molecule has 25 heavy (non-hydrogen) atoms. The van der Waals surface area contributed by atoms with E-state index in [4.69, 9.17) is 9.47 Å². The normalized spacial score (nSPS) is 28.5. The first-order valence-electron chi connectivity index (χ1n) is 9.38. The van der Waals surface area contributed by atoms with Crippen LogP contribution in [-0.4, -0.2) is 30.6 Å². The van der Waals surface area contributed by atoms with Crippen molar-refractivity contribution in [3.63, 3.8) is 0 Å². The van der Waals surface area contributed by atoms with Gasteiger partial charge in [-0.05, 0) is 43.1 Å². The van der Waals surface area contributed by atoms with Crippen LogP contribution in [-0.2, 0) is 9.53 Å². The van der Waals surface area contributed by atoms with E-state index in [1.807, 2.05) is 12.1 Å². The lowest BCUT2D eigenvalue weighted by atomic mass is 9.71. The highest BCUT2D eigenvalue weighted by Crippen LogP contribution is 2.40. The molecule has 1 saturated carbocycles. The van der Waals surface area contributed by atoms with Crippen LogP contribution in [0.15, 0.2) is 18.3 Å². The molecule has 1 saturated heterocycles. The maximum Gasteiger partial charge on any atom is 0.220 e. The number of nitrogens with zero attached hydrogens (tertiary/aromatic N) is 1. The second-order valence-electron chi connectivity index (χ2n) is 8.22. The minimum atomic E-state index is -0.120. The summed E-state index contributed by atoms with van der Waals surface area (Å²) in [7, 11) is 1.60. The molecule has 1 aromatic rings. The van der Waals surface area contributed by atoms with Crippen LogP contribution in [0.25, 0.3) is 0 Å². The van der Waals surface area contributed by atoms with Crippen LogP contribution in [0.2, 0.25) is 0 Å². The van der Waals surface area contributed by atoms with E-state index in [0.717, 1.165) is 18.4 Å². The number of nitrogens with one attached hydrogen (secondary N) is 1. The summed E-state index contributed by atoms with van der Waals surface area (Å²) >= 11 is 0. The van der Waals surface area contributed by atoms with E-state index in [-0.39, 0.29) is 18.1 Å². The van der Waals surface area contributed by atoms with Gasteiger partial charge in [0.15, 0.2) is 0 Å². The summed E-state index contributed by atoms with van der Waals surface area (Å²) in [6.45, 7) is 5.29. The van der Waals surface area contributed by atoms with Crippen LogP contribution in [0.4, 0.5) is 0 Å². The Morgan fingerprint density at radius 1 is 1.40 bits per heavy atom. The number of hydrogen-bond donors (Lipinski definition) is 1. The Morgan fingerprint density at radius 2 is 2.24 bits per heavy atom. The second-order valence-corrected chi connectivity index (χ2v) is 8.22. The zero-order chi connectivity index (χ0) is 17.9. The molecule has 1 aliphatic heterocycles. The summed E-state index contributed by atoms with van der Waals surface area (Å²) in [6.07, 6.45) is 7.96. The van der Waals surface area contributed by atoms with Gasteiger partial charge in [0.05, 0.1) is 13.2 Å². The van der Waals surface area contributed by atoms with Crippen molar-refractivity contribution in [2.45, 2.75) is 64.5 Å². The third kappa shape index (κ3) is 4.72. The number of hydrogen-bond acceptors (Lipinski definition) is 4. The number of ether oxygens (including phenoxy) is 2. The number of aromatic nitrogens is 1. The zero-order valence-electron chi connectivity index (χ0n) is 15.6. The van der Waals surface area contributed by atoms with Crippen LogP contribution >= 0.6 is 0 Å². The van der Waals surface area contributed by atoms with Crippen molar-refractivity contribution in [3.8, 4) is 5.88 Å². The first kappa shape index (κ1) is 18.2. The van der Waals surface area contributed by atoms with E-state index < -0.39 is 0 Å². The number of amides is 1. The summed E-state index contributed by atoms with van der Waals surface area (Å²) in [5.74, 6) is 1.25. The van der Waals surface area contributed by atoms with Crippen molar-refractivity contribution in [2.75, 3.05) is 13.7 Å². The van der Waals surface area contributed by atoms with Gasteiger partial charge in [-0.15, -0.1) is 0 Å². The number of rotatable bonds is 5. The molecule has 1 aliphatic carbocycles. The van der Waals surface area contributed by atoms with Gasteiger partial charge in [0.1, 0.15) is 6.10 Å². The van der Waals surface area contributed by atoms with Crippen molar-refractivity contribution in [1.29, 1.82) is 0 Å². The first-order chi connectivity index (χ1) is 12.0. The average Bonchev–Trinajstić information content (AvgIpc) is 3.02. The smallest absolute Gasteiger partial charge is 0.220 e. The molecule has 0 spiro atoms. The largest absolute Gasteiger partial charge is 0.481 e. The molecule has 2 heterocycles. The highest BCUT2D eigenvalue weighted by atomic mass is 16.5. The molecule has 1 amide bonds. The van der Waals surface area contributed by atoms with Gasteiger partial charge >= 0.3 is 0 Å². The molecule has 1 aromatic heterocycles. The van der Waals surface area contributed by atoms with Gasteiger partial charge in [-0.25, -0.2) is 4.98 Å². The maximum absolute atomic E-state index is 12.6. The van der Waals surface area contributed by atoms with Crippen LogP contribution in [0.5, 0.6) is 5.88 Å². The summed E-state index contributed by atoms with van der Waals surface area (Å²) in [6, 6.07) is 3.82. The third-order valence-electron chi connectivity index (χ3n) is 5.52. The summed E-state index contributed by atoms with van der Waals surface area (Å²) in [4.78, 5) is 16.8. The fraction of sp³-hybridized carbons (Fsp3) is 0.700. The Morgan fingerprint density at radius 3 is 2.92 bits per heavy atom. The van der Waals surface area contributed by atoms with Gasteiger partial charge in [-0.2, -0.15) is 0 Å². The van der Waals surface area contributed by atoms with Crippen molar-refractivity contribution < 1.29 is 14.3 Å². The van der Waals surface area contributed by atoms with E-state index in [9.17, 15) is 4.79 Å². The van der Waals surface area contributed by atoms with Crippen molar-refractivity contribution in [1.82, 2.24) is 10.3 Å². The Kier molecular flexibility index (Phi) is 5.62. The predicted octanol–water partition coefficient (Wildman–Crippen LogP) is 3.64. The fourth-order valence-electron chi connectivity index (χ4n) is 4.30. The number of methoxy groups -OCH3 is 1. The Balaban J connectivity index is 1.56. The molecule has 5 nitrogen and oxygen atoms in total. The fourth-order valence-corrected chi connectivity index (χ4v) is 4.30. The Bertz CT molecular complexity index is 585. The monoisotopic (exact) mass is 346 g/mol. The van der Waals surface area contributed by atoms with Crippen LogP contribution < -0.4 is 10.1 Å². The van der Waals surface area contributed by atoms with Gasteiger partial charge in [0, 0.05) is 30.9 Å². The topological polar surface area (TPSA) is 60.5 Å². The Labute approximate surface area is 150 Å². The second kappa shape index (κ2) is 7.73. The van der Waals surface area contributed by atoms with Gasteiger partial charge in [0.25, 0.3) is 0 Å². The molecule has 3 rings (SSSR count). The molecule has 0 radical (unpaired) electrons. The lowest BCUT2D eigenvalue weighted by molar-refractivity contribution is -0.123. The standard InChI is InChI=1S/C20H30N2O3/c1-20(2)9-4-5-14(12-20)11-17(23)22-16-8-10-25-19(16)15-6-7-18(24-3)21-13-15/h6-7,13-14,16,19H,4-5,8-12H2,1-3H3,(H,22,23)/t14?,16-,19+/m1/s1. The summed E-state index contributed by atoms with van der Waals surface area (Å²) in [5, 5.41) is 3.21. The molecule has 1 unspecified atom stereocenters. The van der Waals surface area contributed by atoms with Crippen molar-refractivity contribution in [2.24, 2.45) is 11.3 Å². The van der Waals surface area contributed by atoms with Gasteiger partial charge in [-0.1, -0.05) is 20.3 Å². The highest BCUT2D eigenvalue weighted by molar-refractivity contribution is 5.76. The van der Waals surface area contributed by atoms with E-state index in [1.54, 1.807) is 13.3 Å². The molecule has 2 aliphatic rings. The third-order valence-corrected chi connectivity index (χ3v) is 5.52. The lowest BCUT2D eigenvalue weighted by Crippen LogP contribution is -2.38. The molecule has 0 aromatic carbocycles. The van der Waals surface area contributed by atoms with Crippen LogP contribution in [0.1, 0.15) is 64.0 Å². The molecule has 2 fully saturated rings. The van der Waals surface area contributed by atoms with Gasteiger partial charge < -0.3 is 14.8 Å². The molecule has 1 N–H and O–H groups in total. The molecular formula is C20H30N2O3. The number of pyridine rings is 1. The summed E-state index contributed by atoms with van der Waals surface area (Å²) in [5.41, 5.74) is 1.36. The number of carbonyl (C=O) groups excluding carboxylic acids is 1. The minimum absolute atomic E-state index is 0.0271. The molecule has 5 heteroatoms. The molecule has 0 bridgehead atoms. The number of carbonyl (C=O) groups is 1. The molecule has 3 atom stereocenters. The predicted molar refractivity (Wildman–Crippen MR) is 96.4 cm³/mol. The Hall–Kier alpha value is -1.62.